The van der Waals surface area contributed by atoms with Crippen LogP contribution in [0.5, 0.6) is 0 Å². The van der Waals surface area contributed by atoms with Gasteiger partial charge in [-0.2, -0.15) is 5.10 Å². The highest BCUT2D eigenvalue weighted by Gasteiger charge is 2.30. The van der Waals surface area contributed by atoms with Gasteiger partial charge in [-0.15, -0.1) is 0 Å². The molecule has 1 aliphatic rings. The number of amides is 1. The lowest BCUT2D eigenvalue weighted by molar-refractivity contribution is -0.116. The van der Waals surface area contributed by atoms with Gasteiger partial charge in [-0.3, -0.25) is 4.79 Å². The number of nitrogens with zero attached hydrogens (tertiary/aromatic N) is 2. The summed E-state index contributed by atoms with van der Waals surface area (Å²) in [7, 11) is 0. The van der Waals surface area contributed by atoms with E-state index in [9.17, 15) is 9.18 Å². The van der Waals surface area contributed by atoms with Gasteiger partial charge in [0.25, 0.3) is 0 Å². The molecule has 1 atom stereocenters. The summed E-state index contributed by atoms with van der Waals surface area (Å²) in [5.41, 5.74) is 1.79. The number of hydrogen-bond donors (Lipinski definition) is 1. The van der Waals surface area contributed by atoms with Crippen LogP contribution in [0.15, 0.2) is 51.7 Å². The lowest BCUT2D eigenvalue weighted by atomic mass is 9.87. The van der Waals surface area contributed by atoms with Gasteiger partial charge < -0.3 is 9.73 Å². The molecule has 0 bridgehead atoms. The van der Waals surface area contributed by atoms with Crippen LogP contribution >= 0.6 is 15.9 Å². The molecule has 0 saturated carbocycles. The first-order valence-electron chi connectivity index (χ1n) is 7.44. The number of hydrogen-bond acceptors (Lipinski definition) is 3. The van der Waals surface area contributed by atoms with E-state index in [0.29, 0.717) is 23.3 Å². The Bertz CT molecular complexity index is 905. The lowest BCUT2D eigenvalue weighted by Crippen LogP contribution is -2.25. The third kappa shape index (κ3) is 2.65. The smallest absolute Gasteiger partial charge is 0.226 e. The molecule has 4 rings (SSSR count). The van der Waals surface area contributed by atoms with Gasteiger partial charge in [-0.25, -0.2) is 9.07 Å². The molecule has 0 fully saturated rings. The Morgan fingerprint density at radius 2 is 2.29 bits per heavy atom. The molecule has 24 heavy (non-hydrogen) atoms. The molecule has 122 valence electrons. The molecule has 2 aromatic heterocycles. The normalized spacial score (nSPS) is 16.8. The van der Waals surface area contributed by atoms with Crippen LogP contribution in [0.4, 0.5) is 10.2 Å². The minimum atomic E-state index is -0.326. The first kappa shape index (κ1) is 15.1. The van der Waals surface area contributed by atoms with Crippen molar-refractivity contribution in [3.63, 3.8) is 0 Å². The van der Waals surface area contributed by atoms with Crippen molar-refractivity contribution in [3.05, 3.63) is 70.0 Å². The molecule has 0 unspecified atom stereocenters. The Hall–Kier alpha value is -2.41. The van der Waals surface area contributed by atoms with Crippen LogP contribution in [-0.2, 0) is 11.3 Å². The van der Waals surface area contributed by atoms with Crippen LogP contribution in [-0.4, -0.2) is 15.7 Å². The maximum Gasteiger partial charge on any atom is 0.226 e. The Labute approximate surface area is 145 Å². The van der Waals surface area contributed by atoms with Gasteiger partial charge in [-0.1, -0.05) is 6.07 Å². The fraction of sp³-hybridized carbons (Fsp3) is 0.176. The Morgan fingerprint density at radius 1 is 1.42 bits per heavy atom. The maximum absolute atomic E-state index is 13.5. The summed E-state index contributed by atoms with van der Waals surface area (Å²) in [5.74, 6) is 0.841. The summed E-state index contributed by atoms with van der Waals surface area (Å²) in [4.78, 5) is 12.2. The van der Waals surface area contributed by atoms with Crippen molar-refractivity contribution in [2.75, 3.05) is 5.32 Å². The second kappa shape index (κ2) is 5.90. The van der Waals surface area contributed by atoms with Crippen molar-refractivity contribution in [1.29, 1.82) is 0 Å². The maximum atomic E-state index is 13.5. The standard InChI is InChI=1S/C17H13BrFN3O2/c18-14-6-10(3-4-15(14)19)12-7-16(23)21-17-13(12)8-20-22(17)9-11-2-1-5-24-11/h1-6,8,12H,7,9H2,(H,21,23)/t12-/m0/s1. The molecule has 0 saturated heterocycles. The van der Waals surface area contributed by atoms with E-state index in [4.69, 9.17) is 4.42 Å². The second-order valence-corrected chi connectivity index (χ2v) is 6.52. The molecule has 1 amide bonds. The minimum absolute atomic E-state index is 0.0888. The zero-order valence-corrected chi connectivity index (χ0v) is 14.1. The molecule has 5 nitrogen and oxygen atoms in total. The molecule has 1 aliphatic heterocycles. The fourth-order valence-corrected chi connectivity index (χ4v) is 3.36. The number of benzene rings is 1. The zero-order valence-electron chi connectivity index (χ0n) is 12.5. The quantitative estimate of drug-likeness (QED) is 0.738. The Balaban J connectivity index is 1.73. The van der Waals surface area contributed by atoms with Crippen molar-refractivity contribution in [2.45, 2.75) is 18.9 Å². The Kier molecular flexibility index (Phi) is 3.72. The average molecular weight is 390 g/mol. The van der Waals surface area contributed by atoms with Crippen molar-refractivity contribution in [1.82, 2.24) is 9.78 Å². The van der Waals surface area contributed by atoms with Crippen LogP contribution in [0.3, 0.4) is 0 Å². The predicted octanol–water partition coefficient (Wildman–Crippen LogP) is 3.90. The van der Waals surface area contributed by atoms with E-state index in [1.54, 1.807) is 29.3 Å². The van der Waals surface area contributed by atoms with Crippen LogP contribution in [0.2, 0.25) is 0 Å². The third-order valence-electron chi connectivity index (χ3n) is 4.12. The number of furan rings is 1. The van der Waals surface area contributed by atoms with Crippen LogP contribution in [0, 0.1) is 5.82 Å². The summed E-state index contributed by atoms with van der Waals surface area (Å²) in [6, 6.07) is 8.48. The molecule has 7 heteroatoms. The van der Waals surface area contributed by atoms with Gasteiger partial charge in [0.05, 0.1) is 16.9 Å². The number of aromatic nitrogens is 2. The van der Waals surface area contributed by atoms with E-state index in [0.717, 1.165) is 16.9 Å². The summed E-state index contributed by atoms with van der Waals surface area (Å²) >= 11 is 3.20. The number of rotatable bonds is 3. The number of anilines is 1. The number of halogens is 2. The van der Waals surface area contributed by atoms with E-state index >= 15 is 0 Å². The van der Waals surface area contributed by atoms with Crippen molar-refractivity contribution < 1.29 is 13.6 Å². The lowest BCUT2D eigenvalue weighted by Gasteiger charge is -2.24. The number of carbonyl (C=O) groups is 1. The molecular formula is C17H13BrFN3O2. The van der Waals surface area contributed by atoms with Crippen molar-refractivity contribution in [2.24, 2.45) is 0 Å². The molecule has 3 aromatic rings. The number of carbonyl (C=O) groups excluding carboxylic acids is 1. The largest absolute Gasteiger partial charge is 0.467 e. The average Bonchev–Trinajstić information content (AvgIpc) is 3.20. The second-order valence-electron chi connectivity index (χ2n) is 5.66. The van der Waals surface area contributed by atoms with Gasteiger partial charge in [0, 0.05) is 17.9 Å². The molecule has 0 aliphatic carbocycles. The third-order valence-corrected chi connectivity index (χ3v) is 4.73. The summed E-state index contributed by atoms with van der Waals surface area (Å²) < 4.78 is 20.9. The molecular weight excluding hydrogens is 377 g/mol. The van der Waals surface area contributed by atoms with Gasteiger partial charge in [0.15, 0.2) is 0 Å². The van der Waals surface area contributed by atoms with E-state index in [2.05, 4.69) is 26.3 Å². The van der Waals surface area contributed by atoms with Gasteiger partial charge in [0.1, 0.15) is 23.9 Å². The zero-order chi connectivity index (χ0) is 16.7. The summed E-state index contributed by atoms with van der Waals surface area (Å²) in [6.07, 6.45) is 3.65. The SMILES string of the molecule is O=C1C[C@@H](c2ccc(F)c(Br)c2)c2cnn(Cc3ccco3)c2N1. The van der Waals surface area contributed by atoms with E-state index < -0.39 is 0 Å². The van der Waals surface area contributed by atoms with Gasteiger partial charge in [0.2, 0.25) is 5.91 Å². The predicted molar refractivity (Wildman–Crippen MR) is 89.2 cm³/mol. The molecule has 1 aromatic carbocycles. The summed E-state index contributed by atoms with van der Waals surface area (Å²) in [5, 5.41) is 7.26. The van der Waals surface area contributed by atoms with E-state index in [1.807, 2.05) is 12.1 Å². The molecule has 0 radical (unpaired) electrons. The molecule has 3 heterocycles. The van der Waals surface area contributed by atoms with Gasteiger partial charge in [-0.05, 0) is 45.8 Å². The highest BCUT2D eigenvalue weighted by molar-refractivity contribution is 9.10. The minimum Gasteiger partial charge on any atom is -0.467 e. The van der Waals surface area contributed by atoms with Crippen LogP contribution in [0.1, 0.15) is 29.2 Å². The Morgan fingerprint density at radius 3 is 3.04 bits per heavy atom. The topological polar surface area (TPSA) is 60.1 Å². The van der Waals surface area contributed by atoms with Gasteiger partial charge >= 0.3 is 0 Å². The van der Waals surface area contributed by atoms with Crippen molar-refractivity contribution >= 4 is 27.7 Å². The first-order chi connectivity index (χ1) is 11.6. The molecule has 0 spiro atoms. The highest BCUT2D eigenvalue weighted by atomic mass is 79.9. The fourth-order valence-electron chi connectivity index (χ4n) is 2.97. The summed E-state index contributed by atoms with van der Waals surface area (Å²) in [6.45, 7) is 0.433. The molecule has 1 N–H and O–H groups in total. The van der Waals surface area contributed by atoms with E-state index in [-0.39, 0.29) is 17.6 Å². The van der Waals surface area contributed by atoms with Crippen molar-refractivity contribution in [3.8, 4) is 0 Å². The van der Waals surface area contributed by atoms with Crippen LogP contribution in [0.25, 0.3) is 0 Å². The number of fused-ring (bicyclic) bond motifs is 1. The van der Waals surface area contributed by atoms with Crippen LogP contribution < -0.4 is 5.32 Å². The van der Waals surface area contributed by atoms with E-state index in [1.165, 1.54) is 6.07 Å². The monoisotopic (exact) mass is 389 g/mol. The number of nitrogens with one attached hydrogen (secondary N) is 1. The highest BCUT2D eigenvalue weighted by Crippen LogP contribution is 2.38. The first-order valence-corrected chi connectivity index (χ1v) is 8.24.